The number of hydrogen-bond acceptors (Lipinski definition) is 5. The minimum atomic E-state index is -0.474. The van der Waals surface area contributed by atoms with Crippen LogP contribution in [0.2, 0.25) is 0 Å². The van der Waals surface area contributed by atoms with Gasteiger partial charge in [0.2, 0.25) is 0 Å². The Morgan fingerprint density at radius 1 is 0.793 bits per heavy atom. The molecule has 1 unspecified atom stereocenters. The highest BCUT2D eigenvalue weighted by Crippen LogP contribution is 2.20. The van der Waals surface area contributed by atoms with E-state index in [4.69, 9.17) is 14.2 Å². The minimum Gasteiger partial charge on any atom is -0.494 e. The van der Waals surface area contributed by atoms with Crippen molar-refractivity contribution in [3.05, 3.63) is 54.1 Å². The number of rotatable bonds is 11. The van der Waals surface area contributed by atoms with Gasteiger partial charge in [0, 0.05) is 0 Å². The molecule has 5 heteroatoms. The highest BCUT2D eigenvalue weighted by molar-refractivity contribution is 5.91. The third-order valence-corrected chi connectivity index (χ3v) is 4.62. The molecule has 0 aliphatic carbocycles. The van der Waals surface area contributed by atoms with E-state index >= 15 is 0 Å². The second kappa shape index (κ2) is 11.9. The summed E-state index contributed by atoms with van der Waals surface area (Å²) in [6.45, 7) is 6.61. The Labute approximate surface area is 173 Å². The van der Waals surface area contributed by atoms with Crippen molar-refractivity contribution < 1.29 is 23.8 Å². The Morgan fingerprint density at radius 3 is 2.00 bits per heavy atom. The van der Waals surface area contributed by atoms with Gasteiger partial charge in [-0.1, -0.05) is 40.0 Å². The first-order valence-corrected chi connectivity index (χ1v) is 10.3. The fourth-order valence-corrected chi connectivity index (χ4v) is 2.53. The first-order chi connectivity index (χ1) is 14.0. The van der Waals surface area contributed by atoms with E-state index in [1.807, 2.05) is 13.8 Å². The van der Waals surface area contributed by atoms with Crippen LogP contribution in [0.25, 0.3) is 0 Å². The Morgan fingerprint density at radius 2 is 1.38 bits per heavy atom. The van der Waals surface area contributed by atoms with E-state index in [1.165, 1.54) is 19.3 Å². The van der Waals surface area contributed by atoms with Crippen LogP contribution in [0.4, 0.5) is 0 Å². The Kier molecular flexibility index (Phi) is 9.22. The monoisotopic (exact) mass is 398 g/mol. The first kappa shape index (κ1) is 22.5. The van der Waals surface area contributed by atoms with Gasteiger partial charge >= 0.3 is 11.9 Å². The number of benzene rings is 2. The molecule has 0 saturated carbocycles. The normalized spacial score (nSPS) is 11.6. The Hall–Kier alpha value is -2.82. The van der Waals surface area contributed by atoms with Crippen molar-refractivity contribution in [2.75, 3.05) is 6.61 Å². The van der Waals surface area contributed by atoms with Gasteiger partial charge in [-0.15, -0.1) is 0 Å². The van der Waals surface area contributed by atoms with Crippen LogP contribution < -0.4 is 14.2 Å². The molecular weight excluding hydrogens is 368 g/mol. The summed E-state index contributed by atoms with van der Waals surface area (Å²) in [6.07, 6.45) is 5.34. The summed E-state index contributed by atoms with van der Waals surface area (Å²) in [4.78, 5) is 24.1. The van der Waals surface area contributed by atoms with Gasteiger partial charge in [0.05, 0.1) is 18.1 Å². The number of hydrogen-bond donors (Lipinski definition) is 0. The summed E-state index contributed by atoms with van der Waals surface area (Å²) in [5.41, 5.74) is 0.379. The topological polar surface area (TPSA) is 61.8 Å². The third-order valence-electron chi connectivity index (χ3n) is 4.62. The number of carbonyl (C=O) groups is 2. The lowest BCUT2D eigenvalue weighted by atomic mass is 10.1. The lowest BCUT2D eigenvalue weighted by Crippen LogP contribution is -2.17. The second-order valence-corrected chi connectivity index (χ2v) is 7.02. The van der Waals surface area contributed by atoms with E-state index in [0.717, 1.165) is 12.2 Å². The van der Waals surface area contributed by atoms with Crippen LogP contribution in [-0.2, 0) is 4.79 Å². The lowest BCUT2D eigenvalue weighted by Gasteiger charge is -2.10. The van der Waals surface area contributed by atoms with Crippen molar-refractivity contribution in [1.29, 1.82) is 0 Å². The van der Waals surface area contributed by atoms with E-state index < -0.39 is 5.97 Å². The van der Waals surface area contributed by atoms with Gasteiger partial charge in [-0.3, -0.25) is 4.79 Å². The number of ether oxygens (including phenoxy) is 3. The van der Waals surface area contributed by atoms with Gasteiger partial charge in [-0.25, -0.2) is 4.79 Å². The van der Waals surface area contributed by atoms with Crippen LogP contribution in [0, 0.1) is 5.92 Å². The largest absolute Gasteiger partial charge is 0.494 e. The van der Waals surface area contributed by atoms with E-state index in [9.17, 15) is 9.59 Å². The van der Waals surface area contributed by atoms with Crippen LogP contribution in [0.3, 0.4) is 0 Å². The maximum Gasteiger partial charge on any atom is 0.343 e. The first-order valence-electron chi connectivity index (χ1n) is 10.3. The van der Waals surface area contributed by atoms with Crippen LogP contribution in [0.15, 0.2) is 48.5 Å². The van der Waals surface area contributed by atoms with Gasteiger partial charge in [0.1, 0.15) is 17.2 Å². The van der Waals surface area contributed by atoms with E-state index in [-0.39, 0.29) is 11.9 Å². The zero-order valence-corrected chi connectivity index (χ0v) is 17.5. The molecule has 1 atom stereocenters. The van der Waals surface area contributed by atoms with Crippen molar-refractivity contribution in [3.8, 4) is 17.2 Å². The van der Waals surface area contributed by atoms with Gasteiger partial charge in [0.25, 0.3) is 0 Å². The molecule has 2 rings (SSSR count). The average molecular weight is 398 g/mol. The maximum atomic E-state index is 12.3. The van der Waals surface area contributed by atoms with Crippen molar-refractivity contribution >= 4 is 11.9 Å². The molecule has 0 amide bonds. The van der Waals surface area contributed by atoms with Crippen molar-refractivity contribution in [3.63, 3.8) is 0 Å². The summed E-state index contributed by atoms with van der Waals surface area (Å²) >= 11 is 0. The SMILES string of the molecule is CCCCCCOc1ccc(OC(=O)c2ccc(OC(=O)C(C)CC)cc2)cc1. The zero-order valence-electron chi connectivity index (χ0n) is 17.5. The summed E-state index contributed by atoms with van der Waals surface area (Å²) in [5.74, 6) is 0.693. The molecule has 0 fully saturated rings. The summed E-state index contributed by atoms with van der Waals surface area (Å²) in [6, 6.07) is 13.3. The molecule has 0 aromatic heterocycles. The average Bonchev–Trinajstić information content (AvgIpc) is 2.74. The molecule has 29 heavy (non-hydrogen) atoms. The molecule has 0 aliphatic heterocycles. The minimum absolute atomic E-state index is 0.164. The van der Waals surface area contributed by atoms with Gasteiger partial charge in [0.15, 0.2) is 0 Å². The molecule has 0 bridgehead atoms. The standard InChI is InChI=1S/C24H30O5/c1-4-6-7-8-17-27-20-13-15-22(16-14-20)29-24(26)19-9-11-21(12-10-19)28-23(25)18(3)5-2/h9-16,18H,4-8,17H2,1-3H3. The molecule has 0 saturated heterocycles. The predicted molar refractivity (Wildman–Crippen MR) is 113 cm³/mol. The van der Waals surface area contributed by atoms with Crippen molar-refractivity contribution in [1.82, 2.24) is 0 Å². The van der Waals surface area contributed by atoms with Gasteiger partial charge in [-0.2, -0.15) is 0 Å². The van der Waals surface area contributed by atoms with Crippen molar-refractivity contribution in [2.24, 2.45) is 5.92 Å². The van der Waals surface area contributed by atoms with Crippen LogP contribution >= 0.6 is 0 Å². The molecule has 2 aromatic rings. The van der Waals surface area contributed by atoms with E-state index in [1.54, 1.807) is 48.5 Å². The molecule has 0 spiro atoms. The number of esters is 2. The van der Waals surface area contributed by atoms with Crippen LogP contribution in [-0.4, -0.2) is 18.5 Å². The summed E-state index contributed by atoms with van der Waals surface area (Å²) < 4.78 is 16.4. The molecule has 0 heterocycles. The second-order valence-electron chi connectivity index (χ2n) is 7.02. The number of unbranched alkanes of at least 4 members (excludes halogenated alkanes) is 3. The fraction of sp³-hybridized carbons (Fsp3) is 0.417. The van der Waals surface area contributed by atoms with Crippen molar-refractivity contribution in [2.45, 2.75) is 52.9 Å². The third kappa shape index (κ3) is 7.60. The zero-order chi connectivity index (χ0) is 21.1. The summed E-state index contributed by atoms with van der Waals surface area (Å²) in [5, 5.41) is 0. The molecule has 0 aliphatic rings. The molecule has 0 N–H and O–H groups in total. The molecule has 156 valence electrons. The Balaban J connectivity index is 1.84. The Bertz CT molecular complexity index is 765. The van der Waals surface area contributed by atoms with Gasteiger partial charge < -0.3 is 14.2 Å². The molecule has 2 aromatic carbocycles. The number of carbonyl (C=O) groups excluding carboxylic acids is 2. The van der Waals surface area contributed by atoms with Gasteiger partial charge in [-0.05, 0) is 61.4 Å². The lowest BCUT2D eigenvalue weighted by molar-refractivity contribution is -0.138. The van der Waals surface area contributed by atoms with E-state index in [0.29, 0.717) is 30.1 Å². The van der Waals surface area contributed by atoms with E-state index in [2.05, 4.69) is 6.92 Å². The highest BCUT2D eigenvalue weighted by atomic mass is 16.5. The molecule has 0 radical (unpaired) electrons. The predicted octanol–water partition coefficient (Wildman–Crippen LogP) is 5.82. The molecule has 5 nitrogen and oxygen atoms in total. The van der Waals surface area contributed by atoms with Crippen LogP contribution in [0.1, 0.15) is 63.2 Å². The quantitative estimate of drug-likeness (QED) is 0.271. The van der Waals surface area contributed by atoms with Crippen LogP contribution in [0.5, 0.6) is 17.2 Å². The fourth-order valence-electron chi connectivity index (χ4n) is 2.53. The smallest absolute Gasteiger partial charge is 0.343 e. The molecular formula is C24H30O5. The maximum absolute atomic E-state index is 12.3. The highest BCUT2D eigenvalue weighted by Gasteiger charge is 2.14. The summed E-state index contributed by atoms with van der Waals surface area (Å²) in [7, 11) is 0.